The minimum Gasteiger partial charge on any atom is -0.477 e. The summed E-state index contributed by atoms with van der Waals surface area (Å²) in [5.74, 6) is -1.73. The Labute approximate surface area is 102 Å². The van der Waals surface area contributed by atoms with Gasteiger partial charge in [0.25, 0.3) is 5.91 Å². The number of amides is 1. The first-order chi connectivity index (χ1) is 8.58. The Bertz CT molecular complexity index is 585. The summed E-state index contributed by atoms with van der Waals surface area (Å²) in [5.41, 5.74) is 0.609. The van der Waals surface area contributed by atoms with Crippen molar-refractivity contribution in [2.75, 3.05) is 0 Å². The molecule has 7 nitrogen and oxygen atoms in total. The molecule has 2 rings (SSSR count). The zero-order chi connectivity index (χ0) is 13.1. The summed E-state index contributed by atoms with van der Waals surface area (Å²) in [6.07, 6.45) is 4.91. The van der Waals surface area contributed by atoms with Crippen molar-refractivity contribution < 1.29 is 14.7 Å². The van der Waals surface area contributed by atoms with E-state index in [-0.39, 0.29) is 11.4 Å². The van der Waals surface area contributed by atoms with Crippen molar-refractivity contribution in [1.29, 1.82) is 0 Å². The maximum Gasteiger partial charge on any atom is 0.354 e. The third-order valence-electron chi connectivity index (χ3n) is 2.41. The molecule has 0 spiro atoms. The number of nitrogens with one attached hydrogen (secondary N) is 2. The molecule has 7 heteroatoms. The Morgan fingerprint density at radius 2 is 2.33 bits per heavy atom. The maximum absolute atomic E-state index is 11.7. The molecule has 0 atom stereocenters. The molecule has 0 aliphatic heterocycles. The van der Waals surface area contributed by atoms with Crippen LogP contribution >= 0.6 is 0 Å². The highest BCUT2D eigenvalue weighted by atomic mass is 16.4. The fraction of sp³-hybridized carbons (Fsp3) is 0.182. The number of aromatic carboxylic acids is 1. The number of aromatic nitrogens is 3. The van der Waals surface area contributed by atoms with Crippen LogP contribution in [0.2, 0.25) is 0 Å². The zero-order valence-electron chi connectivity index (χ0n) is 9.67. The number of carboxylic acid groups (broad SMARTS) is 1. The standard InChI is InChI=1S/C11H12N4O3/c1-15-3-2-7(5-15)4-12-10(16)8-9(11(17)18)14-6-13-8/h2-3,5-6H,4H2,1H3,(H,12,16)(H,13,14)(H,17,18). The van der Waals surface area contributed by atoms with Gasteiger partial charge in [0.15, 0.2) is 11.4 Å². The second kappa shape index (κ2) is 4.74. The molecule has 0 fully saturated rings. The van der Waals surface area contributed by atoms with E-state index in [1.54, 1.807) is 0 Å². The lowest BCUT2D eigenvalue weighted by molar-refractivity contribution is 0.0685. The highest BCUT2D eigenvalue weighted by Crippen LogP contribution is 2.04. The molecule has 3 N–H and O–H groups in total. The number of carbonyl (C=O) groups excluding carboxylic acids is 1. The number of H-pyrrole nitrogens is 1. The summed E-state index contributed by atoms with van der Waals surface area (Å²) >= 11 is 0. The van der Waals surface area contributed by atoms with Gasteiger partial charge in [0, 0.05) is 26.0 Å². The summed E-state index contributed by atoms with van der Waals surface area (Å²) in [6.45, 7) is 0.325. The molecule has 2 aromatic rings. The minimum absolute atomic E-state index is 0.113. The summed E-state index contributed by atoms with van der Waals surface area (Å²) in [4.78, 5) is 28.7. The van der Waals surface area contributed by atoms with Crippen molar-refractivity contribution in [2.24, 2.45) is 7.05 Å². The van der Waals surface area contributed by atoms with Gasteiger partial charge in [-0.05, 0) is 11.6 Å². The summed E-state index contributed by atoms with van der Waals surface area (Å²) < 4.78 is 1.86. The number of aromatic amines is 1. The van der Waals surface area contributed by atoms with Crippen molar-refractivity contribution in [2.45, 2.75) is 6.54 Å². The molecular formula is C11H12N4O3. The van der Waals surface area contributed by atoms with Crippen LogP contribution in [0.3, 0.4) is 0 Å². The van der Waals surface area contributed by atoms with Gasteiger partial charge < -0.3 is 20.0 Å². The quantitative estimate of drug-likeness (QED) is 0.728. The molecule has 0 unspecified atom stereocenters. The zero-order valence-corrected chi connectivity index (χ0v) is 9.67. The Balaban J connectivity index is 2.04. The SMILES string of the molecule is Cn1ccc(CNC(=O)c2nc[nH]c2C(=O)O)c1. The predicted molar refractivity (Wildman–Crippen MR) is 62.1 cm³/mol. The average molecular weight is 248 g/mol. The fourth-order valence-corrected chi connectivity index (χ4v) is 1.56. The first-order valence-corrected chi connectivity index (χ1v) is 5.23. The number of imidazole rings is 1. The molecule has 94 valence electrons. The van der Waals surface area contributed by atoms with Crippen molar-refractivity contribution in [3.05, 3.63) is 41.7 Å². The van der Waals surface area contributed by atoms with Crippen molar-refractivity contribution >= 4 is 11.9 Å². The van der Waals surface area contributed by atoms with E-state index in [1.807, 2.05) is 30.1 Å². The molecule has 2 heterocycles. The lowest BCUT2D eigenvalue weighted by atomic mass is 10.3. The Morgan fingerprint density at radius 1 is 1.56 bits per heavy atom. The van der Waals surface area contributed by atoms with Crippen LogP contribution < -0.4 is 5.32 Å². The summed E-state index contributed by atoms with van der Waals surface area (Å²) in [6, 6.07) is 1.86. The molecule has 0 aliphatic rings. The van der Waals surface area contributed by atoms with Gasteiger partial charge in [0.2, 0.25) is 0 Å². The highest BCUT2D eigenvalue weighted by Gasteiger charge is 2.19. The first kappa shape index (κ1) is 11.9. The second-order valence-electron chi connectivity index (χ2n) is 3.80. The maximum atomic E-state index is 11.7. The van der Waals surface area contributed by atoms with Crippen LogP contribution in [0.15, 0.2) is 24.8 Å². The normalized spacial score (nSPS) is 10.3. The van der Waals surface area contributed by atoms with Gasteiger partial charge in [-0.25, -0.2) is 9.78 Å². The number of nitrogens with zero attached hydrogens (tertiary/aromatic N) is 2. The van der Waals surface area contributed by atoms with E-state index in [1.165, 1.54) is 6.33 Å². The van der Waals surface area contributed by atoms with E-state index in [9.17, 15) is 9.59 Å². The molecule has 0 saturated carbocycles. The van der Waals surface area contributed by atoms with Crippen molar-refractivity contribution in [3.63, 3.8) is 0 Å². The van der Waals surface area contributed by atoms with Gasteiger partial charge in [-0.15, -0.1) is 0 Å². The Morgan fingerprint density at radius 3 is 2.94 bits per heavy atom. The van der Waals surface area contributed by atoms with Crippen LogP contribution in [0.25, 0.3) is 0 Å². The number of hydrogen-bond donors (Lipinski definition) is 3. The third-order valence-corrected chi connectivity index (χ3v) is 2.41. The molecule has 0 radical (unpaired) electrons. The number of hydrogen-bond acceptors (Lipinski definition) is 3. The number of rotatable bonds is 4. The molecule has 0 bridgehead atoms. The monoisotopic (exact) mass is 248 g/mol. The van der Waals surface area contributed by atoms with Gasteiger partial charge in [-0.1, -0.05) is 0 Å². The van der Waals surface area contributed by atoms with E-state index in [4.69, 9.17) is 5.11 Å². The predicted octanol–water partition coefficient (Wildman–Crippen LogP) is 0.376. The van der Waals surface area contributed by atoms with Crippen LogP contribution in [0.5, 0.6) is 0 Å². The van der Waals surface area contributed by atoms with Crippen LogP contribution in [-0.2, 0) is 13.6 Å². The summed E-state index contributed by atoms with van der Waals surface area (Å²) in [5, 5.41) is 11.4. The second-order valence-corrected chi connectivity index (χ2v) is 3.80. The lowest BCUT2D eigenvalue weighted by Crippen LogP contribution is -2.25. The van der Waals surface area contributed by atoms with Gasteiger partial charge in [0.05, 0.1) is 6.33 Å². The van der Waals surface area contributed by atoms with Crippen LogP contribution in [-0.4, -0.2) is 31.5 Å². The molecule has 0 saturated heterocycles. The largest absolute Gasteiger partial charge is 0.477 e. The van der Waals surface area contributed by atoms with E-state index in [2.05, 4.69) is 15.3 Å². The topological polar surface area (TPSA) is 100 Å². The third kappa shape index (κ3) is 2.40. The van der Waals surface area contributed by atoms with Crippen LogP contribution in [0, 0.1) is 0 Å². The molecule has 0 aromatic carbocycles. The van der Waals surface area contributed by atoms with Gasteiger partial charge >= 0.3 is 5.97 Å². The van der Waals surface area contributed by atoms with E-state index in [0.717, 1.165) is 5.56 Å². The Kier molecular flexibility index (Phi) is 3.13. The number of carboxylic acids is 1. The average Bonchev–Trinajstić information content (AvgIpc) is 2.94. The number of aryl methyl sites for hydroxylation is 1. The van der Waals surface area contributed by atoms with E-state index in [0.29, 0.717) is 6.54 Å². The van der Waals surface area contributed by atoms with E-state index >= 15 is 0 Å². The molecule has 1 amide bonds. The van der Waals surface area contributed by atoms with Gasteiger partial charge in [0.1, 0.15) is 0 Å². The van der Waals surface area contributed by atoms with Crippen LogP contribution in [0.4, 0.5) is 0 Å². The smallest absolute Gasteiger partial charge is 0.354 e. The number of carbonyl (C=O) groups is 2. The fourth-order valence-electron chi connectivity index (χ4n) is 1.56. The minimum atomic E-state index is -1.21. The first-order valence-electron chi connectivity index (χ1n) is 5.23. The highest BCUT2D eigenvalue weighted by molar-refractivity contribution is 6.02. The Hall–Kier alpha value is -2.57. The summed E-state index contributed by atoms with van der Waals surface area (Å²) in [7, 11) is 1.88. The van der Waals surface area contributed by atoms with Crippen molar-refractivity contribution in [1.82, 2.24) is 19.9 Å². The molecular weight excluding hydrogens is 236 g/mol. The molecule has 18 heavy (non-hydrogen) atoms. The molecule has 0 aliphatic carbocycles. The van der Waals surface area contributed by atoms with Gasteiger partial charge in [-0.2, -0.15) is 0 Å². The van der Waals surface area contributed by atoms with Crippen molar-refractivity contribution in [3.8, 4) is 0 Å². The van der Waals surface area contributed by atoms with Crippen LogP contribution in [0.1, 0.15) is 26.5 Å². The lowest BCUT2D eigenvalue weighted by Gasteiger charge is -2.02. The molecule has 2 aromatic heterocycles. The van der Waals surface area contributed by atoms with Gasteiger partial charge in [-0.3, -0.25) is 4.79 Å². The van der Waals surface area contributed by atoms with E-state index < -0.39 is 11.9 Å².